The van der Waals surface area contributed by atoms with Gasteiger partial charge in [-0.25, -0.2) is 0 Å². The van der Waals surface area contributed by atoms with Crippen LogP contribution >= 0.6 is 19.4 Å². The predicted molar refractivity (Wildman–Crippen MR) is 41.4 cm³/mol. The van der Waals surface area contributed by atoms with E-state index in [1.54, 1.807) is 0 Å². The van der Waals surface area contributed by atoms with E-state index in [0.717, 1.165) is 0 Å². The molecule has 0 bridgehead atoms. The molecule has 0 aliphatic heterocycles. The van der Waals surface area contributed by atoms with Gasteiger partial charge in [0, 0.05) is 0 Å². The number of halogens is 14. The van der Waals surface area contributed by atoms with E-state index in [9.17, 15) is 52.7 Å². The van der Waals surface area contributed by atoms with Gasteiger partial charge in [-0.1, -0.05) is 0 Å². The molecule has 0 N–H and O–H groups in total. The molecule has 0 amide bonds. The summed E-state index contributed by atoms with van der Waals surface area (Å²) in [6.07, 6.45) is 0. The molecule has 0 unspecified atom stereocenters. The van der Waals surface area contributed by atoms with E-state index in [4.69, 9.17) is 0 Å². The maximum absolute atomic E-state index is 13.0. The summed E-state index contributed by atoms with van der Waals surface area (Å²) in [4.78, 5) is 0. The summed E-state index contributed by atoms with van der Waals surface area (Å²) in [6.45, 7) is 0. The van der Waals surface area contributed by atoms with Crippen LogP contribution in [-0.2, 0) is 32.3 Å². The molecule has 0 aliphatic rings. The zero-order valence-corrected chi connectivity index (χ0v) is 17.2. The van der Waals surface area contributed by atoms with Crippen molar-refractivity contribution in [2.24, 2.45) is 0 Å². The van der Waals surface area contributed by atoms with Gasteiger partial charge in [0.05, 0.1) is 0 Å². The Balaban J connectivity index is 6.19. The normalized spacial score (nSPS) is 15.4. The van der Waals surface area contributed by atoms with Crippen molar-refractivity contribution < 1.29 is 85.0 Å². The molecule has 0 spiro atoms. The molecule has 0 aromatic rings. The van der Waals surface area contributed by atoms with Crippen LogP contribution < -0.4 is 0 Å². The quantitative estimate of drug-likeness (QED) is 0.333. The van der Waals surface area contributed by atoms with Gasteiger partial charge in [0.15, 0.2) is 0 Å². The fourth-order valence-electron chi connectivity index (χ4n) is 1.02. The van der Waals surface area contributed by atoms with E-state index in [1.807, 2.05) is 0 Å². The minimum atomic E-state index is -7.50. The van der Waals surface area contributed by atoms with Crippen molar-refractivity contribution in [2.45, 2.75) is 32.7 Å². The van der Waals surface area contributed by atoms with Crippen molar-refractivity contribution in [3.05, 3.63) is 0 Å². The molecule has 0 aliphatic carbocycles. The molecule has 16 heteroatoms. The fourth-order valence-corrected chi connectivity index (χ4v) is 4.40. The van der Waals surface area contributed by atoms with Crippen LogP contribution in [0.2, 0.25) is 0 Å². The van der Waals surface area contributed by atoms with Crippen molar-refractivity contribution in [3.8, 4) is 0 Å². The average Bonchev–Trinajstić information content (AvgIpc) is 2.37. The Morgan fingerprint density at radius 3 is 0.727 bits per heavy atom. The van der Waals surface area contributed by atoms with Gasteiger partial charge in [-0.3, -0.25) is 0 Å². The monoisotopic (exact) mass is 498 g/mol. The van der Waals surface area contributed by atoms with Gasteiger partial charge in [-0.15, -0.1) is 0 Å². The topological polar surface area (TPSA) is 0 Å². The van der Waals surface area contributed by atoms with Gasteiger partial charge >= 0.3 is 137 Å². The third-order valence-corrected chi connectivity index (χ3v) is 9.20. The first kappa shape index (κ1) is 23.0. The Morgan fingerprint density at radius 1 is 0.409 bits per heavy atom. The molecule has 0 radical (unpaired) electrons. The van der Waals surface area contributed by atoms with E-state index in [-0.39, 0.29) is 0 Å². The summed E-state index contributed by atoms with van der Waals surface area (Å²) >= 11 is -8.82. The molecule has 0 aromatic heterocycles. The molecule has 0 heterocycles. The van der Waals surface area contributed by atoms with Crippen LogP contribution in [0.1, 0.15) is 0 Å². The third-order valence-electron chi connectivity index (χ3n) is 2.44. The first-order valence-electron chi connectivity index (χ1n) is 4.76. The summed E-state index contributed by atoms with van der Waals surface area (Å²) in [5.74, 6) is -29.1. The van der Waals surface area contributed by atoms with Crippen LogP contribution in [0, 0.1) is 0 Å². The van der Waals surface area contributed by atoms with Gasteiger partial charge in [0.25, 0.3) is 0 Å². The average molecular weight is 502 g/mol. The summed E-state index contributed by atoms with van der Waals surface area (Å²) in [5, 5.41) is 0. The van der Waals surface area contributed by atoms with E-state index in [1.165, 1.54) is 0 Å². The van der Waals surface area contributed by atoms with E-state index >= 15 is 0 Å². The van der Waals surface area contributed by atoms with E-state index < -0.39 is 65.0 Å². The van der Waals surface area contributed by atoms with Crippen LogP contribution in [0.15, 0.2) is 0 Å². The van der Waals surface area contributed by atoms with Gasteiger partial charge in [-0.2, -0.15) is 0 Å². The SMILES string of the molecule is F[C](F)([Zn][Cl])C(F)(F)C(F)(F)C(F)(F)C(F)(F)[C](F)(F)[Zn][Cl]. The van der Waals surface area contributed by atoms with Gasteiger partial charge in [0.1, 0.15) is 0 Å². The number of hydrogen-bond acceptors (Lipinski definition) is 0. The van der Waals surface area contributed by atoms with Crippen LogP contribution in [0.4, 0.5) is 52.7 Å². The zero-order valence-electron chi connectivity index (χ0n) is 9.71. The van der Waals surface area contributed by atoms with Gasteiger partial charge in [-0.05, 0) is 0 Å². The molecule has 0 saturated heterocycles. The van der Waals surface area contributed by atoms with Crippen LogP contribution in [0.3, 0.4) is 0 Å². The summed E-state index contributed by atoms with van der Waals surface area (Å²) in [5.41, 5.74) is 0. The molecule has 0 aromatic carbocycles. The molecule has 0 atom stereocenters. The van der Waals surface area contributed by atoms with E-state index in [0.29, 0.717) is 0 Å². The van der Waals surface area contributed by atoms with Gasteiger partial charge in [0.2, 0.25) is 0 Å². The van der Waals surface area contributed by atoms with E-state index in [2.05, 4.69) is 19.4 Å². The van der Waals surface area contributed by atoms with Crippen LogP contribution in [-0.4, -0.2) is 32.7 Å². The second-order valence-corrected chi connectivity index (χ2v) is 11.6. The van der Waals surface area contributed by atoms with Crippen molar-refractivity contribution >= 4 is 19.4 Å². The Labute approximate surface area is 137 Å². The minimum absolute atomic E-state index is 4.40. The molecule has 0 saturated carbocycles. The van der Waals surface area contributed by atoms with Crippen molar-refractivity contribution in [1.82, 2.24) is 0 Å². The Kier molecular flexibility index (Phi) is 6.66. The summed E-state index contributed by atoms with van der Waals surface area (Å²) < 4.78 is 142. The first-order valence-corrected chi connectivity index (χ1v) is 15.5. The summed E-state index contributed by atoms with van der Waals surface area (Å²) in [6, 6.07) is 0. The molecular weight excluding hydrogens is 502 g/mol. The first-order chi connectivity index (χ1) is 9.37. The van der Waals surface area contributed by atoms with Crippen LogP contribution in [0.5, 0.6) is 0 Å². The second-order valence-electron chi connectivity index (χ2n) is 3.97. The number of hydrogen-bond donors (Lipinski definition) is 0. The number of alkyl halides is 12. The molecule has 0 fully saturated rings. The molecule has 22 heavy (non-hydrogen) atoms. The molecule has 126 valence electrons. The van der Waals surface area contributed by atoms with Crippen molar-refractivity contribution in [3.63, 3.8) is 0 Å². The van der Waals surface area contributed by atoms with Gasteiger partial charge < -0.3 is 0 Å². The van der Waals surface area contributed by atoms with Crippen LogP contribution in [0.25, 0.3) is 0 Å². The Hall–Kier alpha value is 0.987. The summed E-state index contributed by atoms with van der Waals surface area (Å²) in [7, 11) is 8.79. The number of rotatable bonds is 7. The standard InChI is InChI=1S/C6F12.2ClH.2Zn/c7-1(8)3(11,12)5(15,16)6(17,18)4(13,14)2(9)10;;;;/h;2*1H;;/q;;;2*+1/p-2. The molecule has 0 rings (SSSR count). The predicted octanol–water partition coefficient (Wildman–Crippen LogP) is 5.19. The maximum atomic E-state index is 13.0. The van der Waals surface area contributed by atoms with Crippen molar-refractivity contribution in [1.29, 1.82) is 0 Å². The Bertz CT molecular complexity index is 372. The third kappa shape index (κ3) is 3.10. The van der Waals surface area contributed by atoms with Crippen molar-refractivity contribution in [2.75, 3.05) is 0 Å². The molecule has 0 nitrogen and oxygen atoms in total. The Morgan fingerprint density at radius 2 is 0.591 bits per heavy atom. The zero-order chi connectivity index (χ0) is 18.4. The molecular formula is C6Cl2F12Zn2. The second kappa shape index (κ2) is 6.37. The fraction of sp³-hybridized carbons (Fsp3) is 1.00.